The third-order valence-electron chi connectivity index (χ3n) is 2.92. The van der Waals surface area contributed by atoms with Gasteiger partial charge >= 0.3 is 0 Å². The number of aryl methyl sites for hydroxylation is 1. The van der Waals surface area contributed by atoms with Gasteiger partial charge < -0.3 is 5.73 Å². The summed E-state index contributed by atoms with van der Waals surface area (Å²) in [5.41, 5.74) is 6.82. The lowest BCUT2D eigenvalue weighted by molar-refractivity contribution is 0.509. The first-order chi connectivity index (χ1) is 9.09. The molecule has 0 spiro atoms. The van der Waals surface area contributed by atoms with Crippen LogP contribution < -0.4 is 5.73 Å². The minimum Gasteiger partial charge on any atom is -0.324 e. The van der Waals surface area contributed by atoms with Crippen LogP contribution in [0.15, 0.2) is 41.1 Å². The Balaban J connectivity index is 2.12. The lowest BCUT2D eigenvalue weighted by atomic mass is 9.99. The maximum Gasteiger partial charge on any atom is 0.145 e. The molecule has 1 aromatic carbocycles. The summed E-state index contributed by atoms with van der Waals surface area (Å²) in [6, 6.07) is 5.60. The van der Waals surface area contributed by atoms with E-state index in [1.807, 2.05) is 12.1 Å². The van der Waals surface area contributed by atoms with Crippen molar-refractivity contribution in [2.45, 2.75) is 18.9 Å². The van der Waals surface area contributed by atoms with Crippen LogP contribution in [0.5, 0.6) is 0 Å². The number of nitrogens with zero attached hydrogens (tertiary/aromatic N) is 1. The van der Waals surface area contributed by atoms with Gasteiger partial charge in [-0.15, -0.1) is 0 Å². The maximum atomic E-state index is 13.9. The van der Waals surface area contributed by atoms with Crippen LogP contribution in [0.4, 0.5) is 8.78 Å². The minimum atomic E-state index is -0.683. The van der Waals surface area contributed by atoms with E-state index in [1.54, 1.807) is 12.4 Å². The van der Waals surface area contributed by atoms with Gasteiger partial charge in [-0.05, 0) is 52.5 Å². The van der Waals surface area contributed by atoms with Gasteiger partial charge in [0.1, 0.15) is 11.6 Å². The zero-order valence-corrected chi connectivity index (χ0v) is 11.7. The molecule has 19 heavy (non-hydrogen) atoms. The average Bonchev–Trinajstić information content (AvgIpc) is 2.42. The molecule has 5 heteroatoms. The molecule has 0 aliphatic rings. The Morgan fingerprint density at radius 1 is 1.26 bits per heavy atom. The van der Waals surface area contributed by atoms with E-state index >= 15 is 0 Å². The molecule has 0 amide bonds. The summed E-state index contributed by atoms with van der Waals surface area (Å²) in [5, 5.41) is 0. The molecule has 0 aliphatic carbocycles. The van der Waals surface area contributed by atoms with E-state index in [0.717, 1.165) is 5.56 Å². The summed E-state index contributed by atoms with van der Waals surface area (Å²) in [7, 11) is 0. The van der Waals surface area contributed by atoms with Gasteiger partial charge in [-0.25, -0.2) is 8.78 Å². The third kappa shape index (κ3) is 3.36. The smallest absolute Gasteiger partial charge is 0.145 e. The molecule has 0 bridgehead atoms. The molecule has 2 N–H and O–H groups in total. The zero-order chi connectivity index (χ0) is 13.8. The van der Waals surface area contributed by atoms with E-state index in [9.17, 15) is 8.78 Å². The quantitative estimate of drug-likeness (QED) is 0.869. The van der Waals surface area contributed by atoms with Crippen molar-refractivity contribution in [2.75, 3.05) is 0 Å². The average molecular weight is 327 g/mol. The third-order valence-corrected chi connectivity index (χ3v) is 3.53. The van der Waals surface area contributed by atoms with E-state index < -0.39 is 17.7 Å². The van der Waals surface area contributed by atoms with Crippen molar-refractivity contribution < 1.29 is 8.78 Å². The van der Waals surface area contributed by atoms with Crippen LogP contribution in [0, 0.1) is 11.6 Å². The molecule has 2 rings (SSSR count). The number of aromatic nitrogens is 1. The van der Waals surface area contributed by atoms with Crippen LogP contribution in [-0.2, 0) is 6.42 Å². The highest BCUT2D eigenvalue weighted by atomic mass is 79.9. The summed E-state index contributed by atoms with van der Waals surface area (Å²) in [6.45, 7) is 0. The highest BCUT2D eigenvalue weighted by Gasteiger charge is 2.18. The molecule has 1 atom stereocenters. The van der Waals surface area contributed by atoms with Gasteiger partial charge in [0.2, 0.25) is 0 Å². The molecule has 0 aliphatic heterocycles. The van der Waals surface area contributed by atoms with Gasteiger partial charge in [-0.3, -0.25) is 4.98 Å². The van der Waals surface area contributed by atoms with Crippen molar-refractivity contribution in [1.82, 2.24) is 4.98 Å². The van der Waals surface area contributed by atoms with E-state index in [1.165, 1.54) is 12.1 Å². The Hall–Kier alpha value is -1.33. The molecule has 0 saturated carbocycles. The van der Waals surface area contributed by atoms with Crippen molar-refractivity contribution in [3.05, 3.63) is 63.9 Å². The van der Waals surface area contributed by atoms with Gasteiger partial charge in [-0.1, -0.05) is 6.07 Å². The SMILES string of the molecule is NC(CCc1cccnc1)c1c(F)ccc(Br)c1F. The second kappa shape index (κ2) is 6.21. The fraction of sp³-hybridized carbons (Fsp3) is 0.214. The molecule has 1 unspecified atom stereocenters. The van der Waals surface area contributed by atoms with Gasteiger partial charge in [0, 0.05) is 24.0 Å². The molecule has 0 saturated heterocycles. The van der Waals surface area contributed by atoms with Crippen molar-refractivity contribution in [2.24, 2.45) is 5.73 Å². The Kier molecular flexibility index (Phi) is 4.61. The number of halogens is 3. The number of rotatable bonds is 4. The van der Waals surface area contributed by atoms with Crippen molar-refractivity contribution in [1.29, 1.82) is 0 Å². The van der Waals surface area contributed by atoms with Gasteiger partial charge in [-0.2, -0.15) is 0 Å². The van der Waals surface area contributed by atoms with Crippen molar-refractivity contribution in [3.8, 4) is 0 Å². The number of benzene rings is 1. The molecule has 1 heterocycles. The molecule has 0 radical (unpaired) electrons. The highest BCUT2D eigenvalue weighted by Crippen LogP contribution is 2.27. The zero-order valence-electron chi connectivity index (χ0n) is 10.1. The summed E-state index contributed by atoms with van der Waals surface area (Å²) in [5.74, 6) is -1.24. The minimum absolute atomic E-state index is 0.0711. The predicted octanol–water partition coefficient (Wildman–Crippen LogP) is 3.75. The van der Waals surface area contributed by atoms with Gasteiger partial charge in [0.25, 0.3) is 0 Å². The van der Waals surface area contributed by atoms with Crippen molar-refractivity contribution in [3.63, 3.8) is 0 Å². The standard InChI is InChI=1S/C14H13BrF2N2/c15-10-4-5-11(16)13(14(10)17)12(18)6-3-9-2-1-7-19-8-9/h1-2,4-5,7-8,12H,3,6,18H2. The number of pyridine rings is 1. The summed E-state index contributed by atoms with van der Waals surface area (Å²) < 4.78 is 27.7. The first kappa shape index (κ1) is 14.1. The van der Waals surface area contributed by atoms with Crippen LogP contribution in [0.2, 0.25) is 0 Å². The highest BCUT2D eigenvalue weighted by molar-refractivity contribution is 9.10. The van der Waals surface area contributed by atoms with Crippen molar-refractivity contribution >= 4 is 15.9 Å². The lowest BCUT2D eigenvalue weighted by Crippen LogP contribution is -2.15. The molecular formula is C14H13BrF2N2. The second-order valence-electron chi connectivity index (χ2n) is 4.26. The van der Waals surface area contributed by atoms with Gasteiger partial charge in [0.05, 0.1) is 4.47 Å². The molecule has 1 aromatic heterocycles. The molecule has 2 nitrogen and oxygen atoms in total. The van der Waals surface area contributed by atoms with Crippen LogP contribution >= 0.6 is 15.9 Å². The number of hydrogen-bond donors (Lipinski definition) is 1. The van der Waals surface area contributed by atoms with E-state index in [0.29, 0.717) is 12.8 Å². The molecular weight excluding hydrogens is 314 g/mol. The fourth-order valence-electron chi connectivity index (χ4n) is 1.90. The first-order valence-electron chi connectivity index (χ1n) is 5.87. The summed E-state index contributed by atoms with van der Waals surface area (Å²) >= 11 is 3.04. The topological polar surface area (TPSA) is 38.9 Å². The van der Waals surface area contributed by atoms with E-state index in [4.69, 9.17) is 5.73 Å². The Labute approximate surface area is 118 Å². The molecule has 2 aromatic rings. The summed E-state index contributed by atoms with van der Waals surface area (Å²) in [6.07, 6.45) is 4.48. The fourth-order valence-corrected chi connectivity index (χ4v) is 2.24. The van der Waals surface area contributed by atoms with Crippen LogP contribution in [0.1, 0.15) is 23.6 Å². The lowest BCUT2D eigenvalue weighted by Gasteiger charge is -2.14. The maximum absolute atomic E-state index is 13.9. The second-order valence-corrected chi connectivity index (χ2v) is 5.12. The Morgan fingerprint density at radius 2 is 2.05 bits per heavy atom. The summed E-state index contributed by atoms with van der Waals surface area (Å²) in [4.78, 5) is 3.99. The van der Waals surface area contributed by atoms with Crippen LogP contribution in [0.3, 0.4) is 0 Å². The molecule has 0 fully saturated rings. The Bertz CT molecular complexity index is 561. The first-order valence-corrected chi connectivity index (χ1v) is 6.66. The number of hydrogen-bond acceptors (Lipinski definition) is 2. The largest absolute Gasteiger partial charge is 0.324 e. The van der Waals surface area contributed by atoms with Crippen LogP contribution in [-0.4, -0.2) is 4.98 Å². The number of nitrogens with two attached hydrogens (primary N) is 1. The van der Waals surface area contributed by atoms with Crippen LogP contribution in [0.25, 0.3) is 0 Å². The van der Waals surface area contributed by atoms with Gasteiger partial charge in [0.15, 0.2) is 0 Å². The van der Waals surface area contributed by atoms with E-state index in [2.05, 4.69) is 20.9 Å². The normalized spacial score (nSPS) is 12.4. The monoisotopic (exact) mass is 326 g/mol. The Morgan fingerprint density at radius 3 is 2.74 bits per heavy atom. The predicted molar refractivity (Wildman–Crippen MR) is 73.5 cm³/mol. The molecule has 100 valence electrons. The van der Waals surface area contributed by atoms with E-state index in [-0.39, 0.29) is 10.0 Å².